The molecule has 5 nitrogen and oxygen atoms in total. The zero-order valence-electron chi connectivity index (χ0n) is 17.6. The fourth-order valence-corrected chi connectivity index (χ4v) is 4.66. The van der Waals surface area contributed by atoms with Crippen LogP contribution in [0.2, 0.25) is 0 Å². The largest absolute Gasteiger partial charge is 0.369 e. The fourth-order valence-electron chi connectivity index (χ4n) is 4.66. The Hall–Kier alpha value is -2.14. The van der Waals surface area contributed by atoms with Gasteiger partial charge in [0.1, 0.15) is 11.6 Å². The average molecular weight is 380 g/mol. The first kappa shape index (κ1) is 19.2. The van der Waals surface area contributed by atoms with Crippen molar-refractivity contribution in [1.82, 2.24) is 14.9 Å². The van der Waals surface area contributed by atoms with Crippen LogP contribution in [0.15, 0.2) is 30.3 Å². The molecule has 2 saturated heterocycles. The lowest BCUT2D eigenvalue weighted by atomic mass is 10.0. The molecule has 0 bridgehead atoms. The van der Waals surface area contributed by atoms with Gasteiger partial charge >= 0.3 is 0 Å². The molecule has 2 fully saturated rings. The maximum Gasteiger partial charge on any atom is 0.132 e. The van der Waals surface area contributed by atoms with Crippen molar-refractivity contribution < 1.29 is 0 Å². The first-order valence-electron chi connectivity index (χ1n) is 10.8. The highest BCUT2D eigenvalue weighted by atomic mass is 15.3. The fraction of sp³-hybridized carbons (Fsp3) is 0.565. The van der Waals surface area contributed by atoms with Crippen molar-refractivity contribution in [2.45, 2.75) is 46.1 Å². The van der Waals surface area contributed by atoms with Crippen molar-refractivity contribution in [2.75, 3.05) is 49.1 Å². The lowest BCUT2D eigenvalue weighted by Gasteiger charge is -2.44. The molecular formula is C23H33N5. The van der Waals surface area contributed by atoms with E-state index < -0.39 is 0 Å². The average Bonchev–Trinajstić information content (AvgIpc) is 2.74. The van der Waals surface area contributed by atoms with Crippen LogP contribution < -0.4 is 9.80 Å². The summed E-state index contributed by atoms with van der Waals surface area (Å²) in [7, 11) is 0. The predicted octanol–water partition coefficient (Wildman–Crippen LogP) is 3.45. The summed E-state index contributed by atoms with van der Waals surface area (Å²) in [5.74, 6) is 2.01. The van der Waals surface area contributed by atoms with E-state index in [9.17, 15) is 0 Å². The van der Waals surface area contributed by atoms with Gasteiger partial charge in [0.2, 0.25) is 0 Å². The molecule has 1 unspecified atom stereocenters. The van der Waals surface area contributed by atoms with Gasteiger partial charge in [0.05, 0.1) is 0 Å². The Labute approximate surface area is 169 Å². The van der Waals surface area contributed by atoms with E-state index in [2.05, 4.69) is 63.9 Å². The van der Waals surface area contributed by atoms with Crippen molar-refractivity contribution in [2.24, 2.45) is 0 Å². The van der Waals surface area contributed by atoms with Crippen molar-refractivity contribution >= 4 is 11.5 Å². The van der Waals surface area contributed by atoms with Crippen LogP contribution in [0.5, 0.6) is 0 Å². The third-order valence-corrected chi connectivity index (χ3v) is 6.25. The summed E-state index contributed by atoms with van der Waals surface area (Å²) in [6.07, 6.45) is 3.51. The van der Waals surface area contributed by atoms with Gasteiger partial charge in [0.15, 0.2) is 0 Å². The molecule has 2 aromatic rings. The highest BCUT2D eigenvalue weighted by molar-refractivity contribution is 5.53. The van der Waals surface area contributed by atoms with Crippen molar-refractivity contribution in [3.8, 4) is 0 Å². The lowest BCUT2D eigenvalue weighted by Crippen LogP contribution is -2.55. The number of nitrogens with zero attached hydrogens (tertiary/aromatic N) is 5. The summed E-state index contributed by atoms with van der Waals surface area (Å²) in [6.45, 7) is 13.1. The van der Waals surface area contributed by atoms with Crippen LogP contribution in [0.3, 0.4) is 0 Å². The van der Waals surface area contributed by atoms with Crippen LogP contribution >= 0.6 is 0 Å². The standard InChI is InChI=1S/C23H33N5/c1-4-20-16-23(25-19(3)24-20)28-11-7-9-21(17-28)26-12-14-27(15-13-26)22-10-6-5-8-18(22)2/h5-6,8,10,16,21H,4,7,9,11-15,17H2,1-3H3. The van der Waals surface area contributed by atoms with E-state index in [-0.39, 0.29) is 0 Å². The Morgan fingerprint density at radius 2 is 1.75 bits per heavy atom. The molecule has 3 heterocycles. The molecular weight excluding hydrogens is 346 g/mol. The topological polar surface area (TPSA) is 35.5 Å². The zero-order chi connectivity index (χ0) is 19.5. The molecule has 0 N–H and O–H groups in total. The minimum Gasteiger partial charge on any atom is -0.369 e. The van der Waals surface area contributed by atoms with Crippen LogP contribution in [0.1, 0.15) is 36.8 Å². The molecule has 4 rings (SSSR count). The van der Waals surface area contributed by atoms with Crippen molar-refractivity contribution in [3.63, 3.8) is 0 Å². The van der Waals surface area contributed by atoms with Gasteiger partial charge in [-0.25, -0.2) is 9.97 Å². The van der Waals surface area contributed by atoms with Gasteiger partial charge in [0, 0.05) is 62.8 Å². The molecule has 5 heteroatoms. The minimum atomic E-state index is 0.633. The quantitative estimate of drug-likeness (QED) is 0.813. The van der Waals surface area contributed by atoms with E-state index in [4.69, 9.17) is 4.98 Å². The summed E-state index contributed by atoms with van der Waals surface area (Å²) in [5.41, 5.74) is 3.93. The van der Waals surface area contributed by atoms with Crippen LogP contribution in [-0.4, -0.2) is 60.2 Å². The molecule has 28 heavy (non-hydrogen) atoms. The summed E-state index contributed by atoms with van der Waals surface area (Å²) >= 11 is 0. The monoisotopic (exact) mass is 379 g/mol. The normalized spacial score (nSPS) is 21.2. The number of piperazine rings is 1. The first-order valence-corrected chi connectivity index (χ1v) is 10.8. The molecule has 0 aliphatic carbocycles. The van der Waals surface area contributed by atoms with E-state index in [1.54, 1.807) is 0 Å². The zero-order valence-corrected chi connectivity index (χ0v) is 17.6. The Morgan fingerprint density at radius 1 is 0.964 bits per heavy atom. The second kappa shape index (κ2) is 8.48. The summed E-state index contributed by atoms with van der Waals surface area (Å²) < 4.78 is 0. The van der Waals surface area contributed by atoms with E-state index in [1.165, 1.54) is 24.1 Å². The second-order valence-electron chi connectivity index (χ2n) is 8.17. The number of para-hydroxylation sites is 1. The number of benzene rings is 1. The predicted molar refractivity (Wildman–Crippen MR) is 116 cm³/mol. The van der Waals surface area contributed by atoms with Crippen molar-refractivity contribution in [3.05, 3.63) is 47.4 Å². The number of aryl methyl sites for hydroxylation is 3. The number of hydrogen-bond donors (Lipinski definition) is 0. The molecule has 2 aliphatic heterocycles. The lowest BCUT2D eigenvalue weighted by molar-refractivity contribution is 0.166. The van der Waals surface area contributed by atoms with E-state index in [0.717, 1.165) is 63.0 Å². The van der Waals surface area contributed by atoms with Gasteiger partial charge in [-0.2, -0.15) is 0 Å². The molecule has 0 radical (unpaired) electrons. The van der Waals surface area contributed by atoms with Crippen LogP contribution in [-0.2, 0) is 6.42 Å². The SMILES string of the molecule is CCc1cc(N2CCCC(N3CCN(c4ccccc4C)CC3)C2)nc(C)n1. The van der Waals surface area contributed by atoms with E-state index in [1.807, 2.05) is 6.92 Å². The smallest absolute Gasteiger partial charge is 0.132 e. The van der Waals surface area contributed by atoms with Crippen LogP contribution in [0.4, 0.5) is 11.5 Å². The van der Waals surface area contributed by atoms with E-state index in [0.29, 0.717) is 6.04 Å². The van der Waals surface area contributed by atoms with Gasteiger partial charge in [-0.1, -0.05) is 25.1 Å². The summed E-state index contributed by atoms with van der Waals surface area (Å²) in [5, 5.41) is 0. The summed E-state index contributed by atoms with van der Waals surface area (Å²) in [4.78, 5) is 17.0. The molecule has 1 aromatic carbocycles. The molecule has 2 aliphatic rings. The molecule has 1 aromatic heterocycles. The molecule has 1 atom stereocenters. The maximum atomic E-state index is 4.73. The van der Waals surface area contributed by atoms with Crippen molar-refractivity contribution in [1.29, 1.82) is 0 Å². The van der Waals surface area contributed by atoms with Gasteiger partial charge in [0.25, 0.3) is 0 Å². The third kappa shape index (κ3) is 4.14. The number of hydrogen-bond acceptors (Lipinski definition) is 5. The van der Waals surface area contributed by atoms with Gasteiger partial charge < -0.3 is 9.80 Å². The highest BCUT2D eigenvalue weighted by Crippen LogP contribution is 2.25. The van der Waals surface area contributed by atoms with Gasteiger partial charge in [-0.3, -0.25) is 4.90 Å². The molecule has 0 saturated carbocycles. The summed E-state index contributed by atoms with van der Waals surface area (Å²) in [6, 6.07) is 11.6. The van der Waals surface area contributed by atoms with Crippen LogP contribution in [0.25, 0.3) is 0 Å². The Morgan fingerprint density at radius 3 is 2.50 bits per heavy atom. The number of piperidine rings is 1. The molecule has 150 valence electrons. The number of anilines is 2. The Kier molecular flexibility index (Phi) is 5.81. The number of aromatic nitrogens is 2. The molecule has 0 spiro atoms. The molecule has 0 amide bonds. The Balaban J connectivity index is 1.39. The van der Waals surface area contributed by atoms with E-state index >= 15 is 0 Å². The Bertz CT molecular complexity index is 797. The minimum absolute atomic E-state index is 0.633. The first-order chi connectivity index (χ1) is 13.6. The van der Waals surface area contributed by atoms with Gasteiger partial charge in [-0.15, -0.1) is 0 Å². The maximum absolute atomic E-state index is 4.73. The third-order valence-electron chi connectivity index (χ3n) is 6.25. The number of rotatable bonds is 4. The second-order valence-corrected chi connectivity index (χ2v) is 8.17. The highest BCUT2D eigenvalue weighted by Gasteiger charge is 2.29. The van der Waals surface area contributed by atoms with Crippen LogP contribution in [0, 0.1) is 13.8 Å². The van der Waals surface area contributed by atoms with Gasteiger partial charge in [-0.05, 0) is 44.7 Å².